The van der Waals surface area contributed by atoms with Gasteiger partial charge in [0.2, 0.25) is 0 Å². The largest absolute Gasteiger partial charge is 0.497 e. The Labute approximate surface area is 131 Å². The number of hydrogen-bond acceptors (Lipinski definition) is 4. The number of ether oxygens (including phenoxy) is 3. The number of hydrogen-bond donors (Lipinski definition) is 1. The topological polar surface area (TPSA) is 65.0 Å². The SMILES string of the molecule is COCCCOc1cc(/C=C(/C(=O)O)C(C)C)cc(OC)c1. The highest BCUT2D eigenvalue weighted by atomic mass is 16.5. The molecule has 0 aliphatic rings. The van der Waals surface area contributed by atoms with Crippen molar-refractivity contribution in [3.8, 4) is 11.5 Å². The van der Waals surface area contributed by atoms with Crippen LogP contribution in [-0.4, -0.2) is 38.5 Å². The third kappa shape index (κ3) is 5.77. The number of carbonyl (C=O) groups is 1. The minimum absolute atomic E-state index is 0.0743. The first kappa shape index (κ1) is 18.0. The Morgan fingerprint density at radius 2 is 1.86 bits per heavy atom. The Hall–Kier alpha value is -2.01. The fourth-order valence-electron chi connectivity index (χ4n) is 1.93. The number of carboxylic acid groups (broad SMARTS) is 1. The van der Waals surface area contributed by atoms with Crippen molar-refractivity contribution >= 4 is 12.0 Å². The quantitative estimate of drug-likeness (QED) is 0.560. The van der Waals surface area contributed by atoms with Gasteiger partial charge < -0.3 is 19.3 Å². The molecule has 1 rings (SSSR count). The lowest BCUT2D eigenvalue weighted by atomic mass is 10.0. The van der Waals surface area contributed by atoms with Crippen LogP contribution in [-0.2, 0) is 9.53 Å². The first-order chi connectivity index (χ1) is 10.5. The van der Waals surface area contributed by atoms with Crippen LogP contribution in [0.2, 0.25) is 0 Å². The summed E-state index contributed by atoms with van der Waals surface area (Å²) in [6.45, 7) is 4.86. The maximum absolute atomic E-state index is 11.3. The smallest absolute Gasteiger partial charge is 0.331 e. The molecule has 1 N–H and O–H groups in total. The van der Waals surface area contributed by atoms with Crippen LogP contribution in [0.4, 0.5) is 0 Å². The van der Waals surface area contributed by atoms with Gasteiger partial charge in [0.1, 0.15) is 11.5 Å². The second-order valence-corrected chi connectivity index (χ2v) is 5.20. The van der Waals surface area contributed by atoms with E-state index >= 15 is 0 Å². The average molecular weight is 308 g/mol. The van der Waals surface area contributed by atoms with Gasteiger partial charge in [-0.1, -0.05) is 13.8 Å². The fraction of sp³-hybridized carbons (Fsp3) is 0.471. The Kier molecular flexibility index (Phi) is 7.46. The van der Waals surface area contributed by atoms with Gasteiger partial charge in [-0.25, -0.2) is 4.79 Å². The first-order valence-corrected chi connectivity index (χ1v) is 7.23. The van der Waals surface area contributed by atoms with Gasteiger partial charge in [0.15, 0.2) is 0 Å². The fourth-order valence-corrected chi connectivity index (χ4v) is 1.93. The van der Waals surface area contributed by atoms with Gasteiger partial charge in [0, 0.05) is 31.8 Å². The van der Waals surface area contributed by atoms with E-state index in [1.54, 1.807) is 38.5 Å². The van der Waals surface area contributed by atoms with E-state index in [9.17, 15) is 9.90 Å². The number of methoxy groups -OCH3 is 2. The molecular weight excluding hydrogens is 284 g/mol. The second-order valence-electron chi connectivity index (χ2n) is 5.20. The zero-order valence-corrected chi connectivity index (χ0v) is 13.6. The van der Waals surface area contributed by atoms with E-state index in [2.05, 4.69) is 0 Å². The molecule has 0 amide bonds. The van der Waals surface area contributed by atoms with Crippen LogP contribution < -0.4 is 9.47 Å². The summed E-state index contributed by atoms with van der Waals surface area (Å²) >= 11 is 0. The van der Waals surface area contributed by atoms with Crippen molar-refractivity contribution in [1.82, 2.24) is 0 Å². The van der Waals surface area contributed by atoms with Crippen LogP contribution in [0.25, 0.3) is 6.08 Å². The normalized spacial score (nSPS) is 11.6. The molecule has 0 bridgehead atoms. The lowest BCUT2D eigenvalue weighted by molar-refractivity contribution is -0.133. The Balaban J connectivity index is 2.99. The van der Waals surface area contributed by atoms with Crippen LogP contribution >= 0.6 is 0 Å². The Morgan fingerprint density at radius 1 is 1.18 bits per heavy atom. The molecule has 5 heteroatoms. The van der Waals surface area contributed by atoms with Gasteiger partial charge in [-0.15, -0.1) is 0 Å². The lowest BCUT2D eigenvalue weighted by Gasteiger charge is -2.11. The molecule has 0 aliphatic heterocycles. The molecule has 0 atom stereocenters. The zero-order valence-electron chi connectivity index (χ0n) is 13.6. The standard InChI is InChI=1S/C17H24O5/c1-12(2)16(17(18)19)10-13-8-14(21-4)11-15(9-13)22-7-5-6-20-3/h8-12H,5-7H2,1-4H3,(H,18,19)/b16-10+. The van der Waals surface area contributed by atoms with Crippen molar-refractivity contribution in [2.45, 2.75) is 20.3 Å². The van der Waals surface area contributed by atoms with Gasteiger partial charge in [0.25, 0.3) is 0 Å². The van der Waals surface area contributed by atoms with Crippen molar-refractivity contribution < 1.29 is 24.1 Å². The van der Waals surface area contributed by atoms with E-state index < -0.39 is 5.97 Å². The van der Waals surface area contributed by atoms with Gasteiger partial charge >= 0.3 is 5.97 Å². The van der Waals surface area contributed by atoms with Crippen LogP contribution in [0.15, 0.2) is 23.8 Å². The van der Waals surface area contributed by atoms with Crippen molar-refractivity contribution in [1.29, 1.82) is 0 Å². The molecule has 22 heavy (non-hydrogen) atoms. The van der Waals surface area contributed by atoms with Crippen molar-refractivity contribution in [3.05, 3.63) is 29.3 Å². The summed E-state index contributed by atoms with van der Waals surface area (Å²) in [4.78, 5) is 11.3. The number of carboxylic acids is 1. The number of rotatable bonds is 9. The molecule has 122 valence electrons. The summed E-state index contributed by atoms with van der Waals surface area (Å²) in [7, 11) is 3.21. The van der Waals surface area contributed by atoms with E-state index in [1.165, 1.54) is 0 Å². The van der Waals surface area contributed by atoms with Gasteiger partial charge in [-0.05, 0) is 29.7 Å². The van der Waals surface area contributed by atoms with Gasteiger partial charge in [0.05, 0.1) is 13.7 Å². The van der Waals surface area contributed by atoms with Gasteiger partial charge in [-0.2, -0.15) is 0 Å². The molecule has 0 unspecified atom stereocenters. The molecule has 0 spiro atoms. The highest BCUT2D eigenvalue weighted by Crippen LogP contribution is 2.25. The zero-order chi connectivity index (χ0) is 16.5. The minimum atomic E-state index is -0.916. The molecule has 0 heterocycles. The molecule has 5 nitrogen and oxygen atoms in total. The summed E-state index contributed by atoms with van der Waals surface area (Å²) in [6.07, 6.45) is 2.43. The number of aliphatic carboxylic acids is 1. The molecule has 0 radical (unpaired) electrons. The van der Waals surface area contributed by atoms with Crippen LogP contribution in [0.1, 0.15) is 25.8 Å². The molecule has 0 saturated heterocycles. The van der Waals surface area contributed by atoms with E-state index in [4.69, 9.17) is 14.2 Å². The van der Waals surface area contributed by atoms with Crippen LogP contribution in [0.5, 0.6) is 11.5 Å². The second kappa shape index (κ2) is 9.10. The predicted octanol–water partition coefficient (Wildman–Crippen LogP) is 3.23. The Bertz CT molecular complexity index is 520. The molecule has 0 aliphatic carbocycles. The van der Waals surface area contributed by atoms with E-state index in [0.29, 0.717) is 30.3 Å². The monoisotopic (exact) mass is 308 g/mol. The summed E-state index contributed by atoms with van der Waals surface area (Å²) in [6, 6.07) is 5.37. The lowest BCUT2D eigenvalue weighted by Crippen LogP contribution is -2.06. The molecule has 1 aromatic carbocycles. The van der Waals surface area contributed by atoms with Crippen LogP contribution in [0.3, 0.4) is 0 Å². The highest BCUT2D eigenvalue weighted by Gasteiger charge is 2.12. The third-order valence-electron chi connectivity index (χ3n) is 3.09. The molecular formula is C17H24O5. The van der Waals surface area contributed by atoms with Crippen molar-refractivity contribution in [3.63, 3.8) is 0 Å². The average Bonchev–Trinajstić information content (AvgIpc) is 2.48. The minimum Gasteiger partial charge on any atom is -0.497 e. The molecule has 0 fully saturated rings. The molecule has 1 aromatic rings. The first-order valence-electron chi connectivity index (χ1n) is 7.23. The van der Waals surface area contributed by atoms with Gasteiger partial charge in [-0.3, -0.25) is 0 Å². The maximum Gasteiger partial charge on any atom is 0.331 e. The Morgan fingerprint density at radius 3 is 2.41 bits per heavy atom. The van der Waals surface area contributed by atoms with E-state index in [-0.39, 0.29) is 5.92 Å². The highest BCUT2D eigenvalue weighted by molar-refractivity contribution is 5.92. The molecule has 0 saturated carbocycles. The predicted molar refractivity (Wildman–Crippen MR) is 85.4 cm³/mol. The third-order valence-corrected chi connectivity index (χ3v) is 3.09. The van der Waals surface area contributed by atoms with Crippen molar-refractivity contribution in [2.24, 2.45) is 5.92 Å². The maximum atomic E-state index is 11.3. The summed E-state index contributed by atoms with van der Waals surface area (Å²) < 4.78 is 15.9. The van der Waals surface area contributed by atoms with E-state index in [0.717, 1.165) is 12.0 Å². The molecule has 0 aromatic heterocycles. The van der Waals surface area contributed by atoms with E-state index in [1.807, 2.05) is 13.8 Å². The summed E-state index contributed by atoms with van der Waals surface area (Å²) in [5.41, 5.74) is 1.09. The number of benzene rings is 1. The van der Waals surface area contributed by atoms with Crippen LogP contribution in [0, 0.1) is 5.92 Å². The summed E-state index contributed by atoms with van der Waals surface area (Å²) in [5, 5.41) is 9.26. The summed E-state index contributed by atoms with van der Waals surface area (Å²) in [5.74, 6) is 0.286. The van der Waals surface area contributed by atoms with Crippen molar-refractivity contribution in [2.75, 3.05) is 27.4 Å².